The highest BCUT2D eigenvalue weighted by atomic mass is 16.4. The van der Waals surface area contributed by atoms with Crippen LogP contribution in [0.25, 0.3) is 0 Å². The standard InChI is InChI=1S/C13H23N3O3/c1-10-9-15(8-7-14(10)2)13(19)16(11-3-4-11)6-5-12(17)18/h10-11H,3-9H2,1-2H3,(H,17,18). The number of likely N-dealkylation sites (N-methyl/N-ethyl adjacent to an activating group) is 1. The summed E-state index contributed by atoms with van der Waals surface area (Å²) in [5.74, 6) is -0.842. The van der Waals surface area contributed by atoms with Crippen molar-refractivity contribution in [3.63, 3.8) is 0 Å². The van der Waals surface area contributed by atoms with Crippen LogP contribution in [0.4, 0.5) is 4.79 Å². The number of carbonyl (C=O) groups is 2. The second-order valence-electron chi connectivity index (χ2n) is 5.63. The van der Waals surface area contributed by atoms with Crippen molar-refractivity contribution in [2.75, 3.05) is 33.2 Å². The van der Waals surface area contributed by atoms with Crippen molar-refractivity contribution in [3.8, 4) is 0 Å². The smallest absolute Gasteiger partial charge is 0.320 e. The molecular formula is C13H23N3O3. The molecule has 2 aliphatic rings. The van der Waals surface area contributed by atoms with Gasteiger partial charge in [-0.25, -0.2) is 4.79 Å². The number of nitrogens with zero attached hydrogens (tertiary/aromatic N) is 3. The zero-order chi connectivity index (χ0) is 14.0. The minimum absolute atomic E-state index is 0.0173. The van der Waals surface area contributed by atoms with Crippen LogP contribution in [0.3, 0.4) is 0 Å². The average molecular weight is 269 g/mol. The first-order valence-electron chi connectivity index (χ1n) is 6.96. The number of carboxylic acids is 1. The number of carbonyl (C=O) groups excluding carboxylic acids is 1. The van der Waals surface area contributed by atoms with E-state index in [0.29, 0.717) is 12.6 Å². The normalized spacial score (nSPS) is 24.3. The summed E-state index contributed by atoms with van der Waals surface area (Å²) in [6.45, 7) is 4.78. The molecule has 0 bridgehead atoms. The molecule has 0 radical (unpaired) electrons. The molecule has 1 N–H and O–H groups in total. The predicted molar refractivity (Wildman–Crippen MR) is 71.0 cm³/mol. The summed E-state index contributed by atoms with van der Waals surface area (Å²) in [7, 11) is 2.07. The Labute approximate surface area is 114 Å². The third-order valence-electron chi connectivity index (χ3n) is 4.03. The Morgan fingerprint density at radius 2 is 2.00 bits per heavy atom. The summed E-state index contributed by atoms with van der Waals surface area (Å²) in [6, 6.07) is 0.642. The van der Waals surface area contributed by atoms with Gasteiger partial charge in [0, 0.05) is 38.3 Å². The molecule has 0 spiro atoms. The summed E-state index contributed by atoms with van der Waals surface area (Å²) in [6.07, 6.45) is 2.05. The first kappa shape index (κ1) is 14.1. The zero-order valence-corrected chi connectivity index (χ0v) is 11.7. The number of amides is 2. The van der Waals surface area contributed by atoms with Crippen LogP contribution in [0.15, 0.2) is 0 Å². The van der Waals surface area contributed by atoms with Gasteiger partial charge in [0.15, 0.2) is 0 Å². The molecule has 0 aromatic carbocycles. The number of hydrogen-bond donors (Lipinski definition) is 1. The Morgan fingerprint density at radius 1 is 1.32 bits per heavy atom. The topological polar surface area (TPSA) is 64.1 Å². The second-order valence-corrected chi connectivity index (χ2v) is 5.63. The summed E-state index contributed by atoms with van der Waals surface area (Å²) in [5, 5.41) is 8.78. The largest absolute Gasteiger partial charge is 0.481 e. The maximum atomic E-state index is 12.5. The Hall–Kier alpha value is -1.30. The van der Waals surface area contributed by atoms with Crippen LogP contribution in [0.2, 0.25) is 0 Å². The highest BCUT2D eigenvalue weighted by molar-refractivity contribution is 5.76. The highest BCUT2D eigenvalue weighted by Gasteiger charge is 2.36. The molecule has 1 aliphatic carbocycles. The minimum atomic E-state index is -0.842. The molecular weight excluding hydrogens is 246 g/mol. The lowest BCUT2D eigenvalue weighted by atomic mass is 10.2. The molecule has 19 heavy (non-hydrogen) atoms. The van der Waals surface area contributed by atoms with E-state index >= 15 is 0 Å². The summed E-state index contributed by atoms with van der Waals surface area (Å²) < 4.78 is 0. The first-order valence-corrected chi connectivity index (χ1v) is 6.96. The van der Waals surface area contributed by atoms with Crippen LogP contribution >= 0.6 is 0 Å². The molecule has 6 nitrogen and oxygen atoms in total. The van der Waals surface area contributed by atoms with Gasteiger partial charge in [-0.05, 0) is 26.8 Å². The lowest BCUT2D eigenvalue weighted by Crippen LogP contribution is -2.55. The van der Waals surface area contributed by atoms with Crippen molar-refractivity contribution in [1.82, 2.24) is 14.7 Å². The van der Waals surface area contributed by atoms with Gasteiger partial charge in [-0.2, -0.15) is 0 Å². The third kappa shape index (κ3) is 3.59. The lowest BCUT2D eigenvalue weighted by Gasteiger charge is -2.40. The maximum absolute atomic E-state index is 12.5. The predicted octanol–water partition coefficient (Wildman–Crippen LogP) is 0.681. The van der Waals surface area contributed by atoms with Crippen LogP contribution in [0.5, 0.6) is 0 Å². The number of hydrogen-bond acceptors (Lipinski definition) is 3. The molecule has 108 valence electrons. The van der Waals surface area contributed by atoms with Crippen molar-refractivity contribution in [3.05, 3.63) is 0 Å². The Morgan fingerprint density at radius 3 is 2.53 bits per heavy atom. The van der Waals surface area contributed by atoms with Crippen LogP contribution in [0, 0.1) is 0 Å². The Kier molecular flexibility index (Phi) is 4.29. The summed E-state index contributed by atoms with van der Waals surface area (Å²) in [4.78, 5) is 29.0. The van der Waals surface area contributed by atoms with Crippen molar-refractivity contribution < 1.29 is 14.7 Å². The molecule has 1 aliphatic heterocycles. The molecule has 2 fully saturated rings. The third-order valence-corrected chi connectivity index (χ3v) is 4.03. The van der Waals surface area contributed by atoms with E-state index in [2.05, 4.69) is 18.9 Å². The molecule has 1 heterocycles. The highest BCUT2D eigenvalue weighted by Crippen LogP contribution is 2.28. The fourth-order valence-corrected chi connectivity index (χ4v) is 2.44. The number of urea groups is 1. The lowest BCUT2D eigenvalue weighted by molar-refractivity contribution is -0.137. The van der Waals surface area contributed by atoms with E-state index in [1.807, 2.05) is 4.90 Å². The average Bonchev–Trinajstić information content (AvgIpc) is 3.16. The van der Waals surface area contributed by atoms with Crippen LogP contribution in [-0.4, -0.2) is 77.1 Å². The van der Waals surface area contributed by atoms with E-state index in [0.717, 1.165) is 32.5 Å². The molecule has 0 aromatic rings. The summed E-state index contributed by atoms with van der Waals surface area (Å²) in [5.41, 5.74) is 0. The van der Waals surface area contributed by atoms with Crippen molar-refractivity contribution >= 4 is 12.0 Å². The van der Waals surface area contributed by atoms with Gasteiger partial charge in [-0.1, -0.05) is 0 Å². The maximum Gasteiger partial charge on any atom is 0.320 e. The van der Waals surface area contributed by atoms with E-state index in [4.69, 9.17) is 5.11 Å². The fourth-order valence-electron chi connectivity index (χ4n) is 2.44. The molecule has 1 unspecified atom stereocenters. The van der Waals surface area contributed by atoms with Crippen molar-refractivity contribution in [2.24, 2.45) is 0 Å². The van der Waals surface area contributed by atoms with Gasteiger partial charge in [0.2, 0.25) is 0 Å². The van der Waals surface area contributed by atoms with Crippen LogP contribution in [-0.2, 0) is 4.79 Å². The van der Waals surface area contributed by atoms with Gasteiger partial charge in [0.1, 0.15) is 0 Å². The molecule has 2 amide bonds. The van der Waals surface area contributed by atoms with Gasteiger partial charge < -0.3 is 19.8 Å². The molecule has 6 heteroatoms. The van der Waals surface area contributed by atoms with Crippen molar-refractivity contribution in [1.29, 1.82) is 0 Å². The monoisotopic (exact) mass is 269 g/mol. The van der Waals surface area contributed by atoms with E-state index in [9.17, 15) is 9.59 Å². The van der Waals surface area contributed by atoms with E-state index in [-0.39, 0.29) is 18.5 Å². The number of carboxylic acid groups (broad SMARTS) is 1. The van der Waals surface area contributed by atoms with Crippen LogP contribution in [0.1, 0.15) is 26.2 Å². The van der Waals surface area contributed by atoms with Gasteiger partial charge in [-0.3, -0.25) is 4.79 Å². The fraction of sp³-hybridized carbons (Fsp3) is 0.846. The SMILES string of the molecule is CC1CN(C(=O)N(CCC(=O)O)C2CC2)CCN1C. The van der Waals surface area contributed by atoms with E-state index in [1.165, 1.54) is 0 Å². The molecule has 2 rings (SSSR count). The molecule has 0 aromatic heterocycles. The van der Waals surface area contributed by atoms with E-state index in [1.54, 1.807) is 4.90 Å². The van der Waals surface area contributed by atoms with Gasteiger partial charge >= 0.3 is 12.0 Å². The van der Waals surface area contributed by atoms with Crippen LogP contribution < -0.4 is 0 Å². The molecule has 1 saturated carbocycles. The molecule has 1 saturated heterocycles. The number of piperazine rings is 1. The quantitative estimate of drug-likeness (QED) is 0.815. The number of rotatable bonds is 4. The van der Waals surface area contributed by atoms with E-state index < -0.39 is 5.97 Å². The van der Waals surface area contributed by atoms with Gasteiger partial charge in [0.25, 0.3) is 0 Å². The van der Waals surface area contributed by atoms with Crippen molar-refractivity contribution in [2.45, 2.75) is 38.3 Å². The number of aliphatic carboxylic acids is 1. The Balaban J connectivity index is 1.93. The first-order chi connectivity index (χ1) is 8.99. The second kappa shape index (κ2) is 5.77. The molecule has 1 atom stereocenters. The Bertz CT molecular complexity index is 357. The summed E-state index contributed by atoms with van der Waals surface area (Å²) >= 11 is 0. The van der Waals surface area contributed by atoms with Gasteiger partial charge in [-0.15, -0.1) is 0 Å². The van der Waals surface area contributed by atoms with Gasteiger partial charge in [0.05, 0.1) is 6.42 Å². The minimum Gasteiger partial charge on any atom is -0.481 e. The zero-order valence-electron chi connectivity index (χ0n) is 11.7.